The number of nitrogens with one attached hydrogen (secondary N) is 3. The Labute approximate surface area is 179 Å². The van der Waals surface area contributed by atoms with Gasteiger partial charge < -0.3 is 16.4 Å². The standard InChI is InChI=1S/C22H25N7S/c23-15-6-8-16(9-7-15)26-22-25-13-19-20(28-29-21(19)27-22)14-3-1-4-17(11-14)24-12-18-5-2-10-30-18/h1-5,10-11,13,15-16,24H,6-9,12,23H2,(H2,25,26,27,28,29). The number of benzene rings is 1. The molecule has 3 aromatic heterocycles. The van der Waals surface area contributed by atoms with Crippen LogP contribution < -0.4 is 16.4 Å². The van der Waals surface area contributed by atoms with Gasteiger partial charge in [0, 0.05) is 41.0 Å². The lowest BCUT2D eigenvalue weighted by molar-refractivity contribution is 0.410. The third-order valence-electron chi connectivity index (χ3n) is 5.61. The van der Waals surface area contributed by atoms with Crippen LogP contribution in [0.15, 0.2) is 48.0 Å². The Balaban J connectivity index is 1.33. The number of aromatic amines is 1. The SMILES string of the molecule is NC1CCC(Nc2ncc3c(-c4cccc(NCc5cccs5)c4)n[nH]c3n2)CC1. The van der Waals surface area contributed by atoms with Crippen molar-refractivity contribution in [3.8, 4) is 11.3 Å². The van der Waals surface area contributed by atoms with Crippen LogP contribution >= 0.6 is 11.3 Å². The van der Waals surface area contributed by atoms with Crippen LogP contribution in [0, 0.1) is 0 Å². The van der Waals surface area contributed by atoms with Crippen LogP contribution in [-0.2, 0) is 6.54 Å². The first-order chi connectivity index (χ1) is 14.7. The Morgan fingerprint density at radius 3 is 2.87 bits per heavy atom. The Morgan fingerprint density at radius 2 is 2.03 bits per heavy atom. The first-order valence-corrected chi connectivity index (χ1v) is 11.2. The molecule has 0 unspecified atom stereocenters. The van der Waals surface area contributed by atoms with Gasteiger partial charge in [0.05, 0.1) is 5.39 Å². The summed E-state index contributed by atoms with van der Waals surface area (Å²) in [6.07, 6.45) is 6.06. The van der Waals surface area contributed by atoms with Gasteiger partial charge in [-0.2, -0.15) is 10.1 Å². The summed E-state index contributed by atoms with van der Waals surface area (Å²) < 4.78 is 0. The van der Waals surface area contributed by atoms with Crippen LogP contribution in [-0.4, -0.2) is 32.2 Å². The molecule has 1 aliphatic carbocycles. The van der Waals surface area contributed by atoms with Crippen LogP contribution in [0.25, 0.3) is 22.3 Å². The van der Waals surface area contributed by atoms with E-state index in [0.29, 0.717) is 18.0 Å². The number of nitrogens with zero attached hydrogens (tertiary/aromatic N) is 3. The molecular formula is C22H25N7S. The van der Waals surface area contributed by atoms with Gasteiger partial charge in [0.15, 0.2) is 5.65 Å². The molecule has 30 heavy (non-hydrogen) atoms. The molecule has 1 saturated carbocycles. The summed E-state index contributed by atoms with van der Waals surface area (Å²) in [6, 6.07) is 13.2. The number of fused-ring (bicyclic) bond motifs is 1. The molecule has 0 atom stereocenters. The molecule has 0 aliphatic heterocycles. The smallest absolute Gasteiger partial charge is 0.224 e. The van der Waals surface area contributed by atoms with Crippen molar-refractivity contribution in [2.45, 2.75) is 44.3 Å². The predicted octanol–water partition coefficient (Wildman–Crippen LogP) is 4.38. The fourth-order valence-electron chi connectivity index (χ4n) is 3.92. The second-order valence-corrected chi connectivity index (χ2v) is 8.83. The molecule has 1 aliphatic rings. The maximum atomic E-state index is 6.00. The van der Waals surface area contributed by atoms with Crippen molar-refractivity contribution in [1.82, 2.24) is 20.2 Å². The van der Waals surface area contributed by atoms with Crippen molar-refractivity contribution in [2.75, 3.05) is 10.6 Å². The van der Waals surface area contributed by atoms with Gasteiger partial charge in [-0.1, -0.05) is 18.2 Å². The first-order valence-electron chi connectivity index (χ1n) is 10.3. The number of rotatable bonds is 6. The van der Waals surface area contributed by atoms with Crippen molar-refractivity contribution in [1.29, 1.82) is 0 Å². The number of H-pyrrole nitrogens is 1. The zero-order valence-corrected chi connectivity index (χ0v) is 17.5. The zero-order chi connectivity index (χ0) is 20.3. The number of anilines is 2. The highest BCUT2D eigenvalue weighted by Crippen LogP contribution is 2.28. The van der Waals surface area contributed by atoms with Crippen molar-refractivity contribution < 1.29 is 0 Å². The molecule has 3 heterocycles. The molecule has 0 spiro atoms. The minimum atomic E-state index is 0.331. The second kappa shape index (κ2) is 8.41. The fraction of sp³-hybridized carbons (Fsp3) is 0.318. The summed E-state index contributed by atoms with van der Waals surface area (Å²) in [6.45, 7) is 0.812. The number of aromatic nitrogens is 4. The first kappa shape index (κ1) is 19.0. The van der Waals surface area contributed by atoms with E-state index in [1.54, 1.807) is 11.3 Å². The molecule has 0 amide bonds. The number of hydrogen-bond donors (Lipinski definition) is 4. The van der Waals surface area contributed by atoms with Crippen LogP contribution in [0.4, 0.5) is 11.6 Å². The van der Waals surface area contributed by atoms with Gasteiger partial charge in [-0.25, -0.2) is 4.98 Å². The van der Waals surface area contributed by atoms with Gasteiger partial charge in [-0.05, 0) is 49.3 Å². The average Bonchev–Trinajstić information content (AvgIpc) is 3.44. The van der Waals surface area contributed by atoms with Crippen molar-refractivity contribution in [3.05, 3.63) is 52.9 Å². The maximum absolute atomic E-state index is 6.00. The molecule has 8 heteroatoms. The Kier molecular flexibility index (Phi) is 5.33. The minimum Gasteiger partial charge on any atom is -0.380 e. The lowest BCUT2D eigenvalue weighted by Crippen LogP contribution is -2.33. The van der Waals surface area contributed by atoms with Gasteiger partial charge >= 0.3 is 0 Å². The maximum Gasteiger partial charge on any atom is 0.224 e. The molecule has 7 nitrogen and oxygen atoms in total. The Bertz CT molecular complexity index is 1110. The van der Waals surface area contributed by atoms with Crippen LogP contribution in [0.5, 0.6) is 0 Å². The highest BCUT2D eigenvalue weighted by molar-refractivity contribution is 7.09. The average molecular weight is 420 g/mol. The summed E-state index contributed by atoms with van der Waals surface area (Å²) in [5.41, 5.74) is 9.70. The van der Waals surface area contributed by atoms with Crippen molar-refractivity contribution in [3.63, 3.8) is 0 Å². The number of hydrogen-bond acceptors (Lipinski definition) is 7. The molecule has 5 rings (SSSR count). The molecule has 4 aromatic rings. The number of thiophene rings is 1. The van der Waals surface area contributed by atoms with E-state index in [9.17, 15) is 0 Å². The molecule has 1 fully saturated rings. The Morgan fingerprint density at radius 1 is 1.13 bits per heavy atom. The van der Waals surface area contributed by atoms with E-state index in [0.717, 1.165) is 60.2 Å². The summed E-state index contributed by atoms with van der Waals surface area (Å²) in [7, 11) is 0. The number of nitrogens with two attached hydrogens (primary N) is 1. The summed E-state index contributed by atoms with van der Waals surface area (Å²) in [4.78, 5) is 10.5. The summed E-state index contributed by atoms with van der Waals surface area (Å²) >= 11 is 1.75. The normalized spacial score (nSPS) is 19.1. The Hall–Kier alpha value is -2.97. The van der Waals surface area contributed by atoms with E-state index in [2.05, 4.69) is 66.5 Å². The van der Waals surface area contributed by atoms with Crippen LogP contribution in [0.2, 0.25) is 0 Å². The van der Waals surface area contributed by atoms with Crippen molar-refractivity contribution in [2.24, 2.45) is 5.73 Å². The highest BCUT2D eigenvalue weighted by Gasteiger charge is 2.19. The zero-order valence-electron chi connectivity index (χ0n) is 16.6. The van der Waals surface area contributed by atoms with E-state index in [4.69, 9.17) is 5.73 Å². The second-order valence-electron chi connectivity index (χ2n) is 7.80. The van der Waals surface area contributed by atoms with Gasteiger partial charge in [0.25, 0.3) is 0 Å². The van der Waals surface area contributed by atoms with E-state index in [1.807, 2.05) is 12.3 Å². The van der Waals surface area contributed by atoms with E-state index >= 15 is 0 Å². The lowest BCUT2D eigenvalue weighted by Gasteiger charge is -2.26. The fourth-order valence-corrected chi connectivity index (χ4v) is 4.57. The predicted molar refractivity (Wildman–Crippen MR) is 123 cm³/mol. The third kappa shape index (κ3) is 4.15. The topological polar surface area (TPSA) is 105 Å². The van der Waals surface area contributed by atoms with Gasteiger partial charge in [-0.15, -0.1) is 11.3 Å². The quantitative estimate of drug-likeness (QED) is 0.370. The van der Waals surface area contributed by atoms with Crippen LogP contribution in [0.3, 0.4) is 0 Å². The molecule has 0 saturated heterocycles. The molecule has 5 N–H and O–H groups in total. The van der Waals surface area contributed by atoms with Crippen molar-refractivity contribution >= 4 is 34.0 Å². The van der Waals surface area contributed by atoms with E-state index < -0.39 is 0 Å². The van der Waals surface area contributed by atoms with E-state index in [1.165, 1.54) is 4.88 Å². The lowest BCUT2D eigenvalue weighted by atomic mass is 9.92. The van der Waals surface area contributed by atoms with Gasteiger partial charge in [0.2, 0.25) is 5.95 Å². The molecule has 1 aromatic carbocycles. The highest BCUT2D eigenvalue weighted by atomic mass is 32.1. The molecule has 0 radical (unpaired) electrons. The monoisotopic (exact) mass is 419 g/mol. The van der Waals surface area contributed by atoms with E-state index in [-0.39, 0.29) is 0 Å². The van der Waals surface area contributed by atoms with Gasteiger partial charge in [0.1, 0.15) is 5.69 Å². The third-order valence-corrected chi connectivity index (χ3v) is 6.48. The molecule has 0 bridgehead atoms. The van der Waals surface area contributed by atoms with Gasteiger partial charge in [-0.3, -0.25) is 5.10 Å². The molecular weight excluding hydrogens is 394 g/mol. The largest absolute Gasteiger partial charge is 0.380 e. The minimum absolute atomic E-state index is 0.331. The molecule has 154 valence electrons. The summed E-state index contributed by atoms with van der Waals surface area (Å²) in [5.74, 6) is 0.643. The summed E-state index contributed by atoms with van der Waals surface area (Å²) in [5, 5.41) is 17.5. The van der Waals surface area contributed by atoms with Crippen LogP contribution in [0.1, 0.15) is 30.6 Å².